The zero-order valence-electron chi connectivity index (χ0n) is 11.5. The second kappa shape index (κ2) is 4.88. The highest BCUT2D eigenvalue weighted by Crippen LogP contribution is 2.30. The zero-order chi connectivity index (χ0) is 13.3. The highest BCUT2D eigenvalue weighted by Gasteiger charge is 2.27. The van der Waals surface area contributed by atoms with E-state index in [9.17, 15) is 0 Å². The molecular weight excluding hydrogens is 246 g/mol. The van der Waals surface area contributed by atoms with Gasteiger partial charge in [0.15, 0.2) is 5.65 Å². The maximum atomic E-state index is 6.05. The summed E-state index contributed by atoms with van der Waals surface area (Å²) in [5, 5.41) is 0. The van der Waals surface area contributed by atoms with E-state index in [1.807, 2.05) is 19.1 Å². The summed E-state index contributed by atoms with van der Waals surface area (Å²) in [6, 6.07) is 4.02. The van der Waals surface area contributed by atoms with Gasteiger partial charge in [-0.3, -0.25) is 0 Å². The summed E-state index contributed by atoms with van der Waals surface area (Å²) in [5.74, 6) is 1.33. The maximum absolute atomic E-state index is 6.05. The molecule has 2 aromatic heterocycles. The summed E-state index contributed by atoms with van der Waals surface area (Å²) < 4.78 is 2.22. The van der Waals surface area contributed by atoms with Gasteiger partial charge in [-0.25, -0.2) is 9.97 Å². The number of rotatable bonds is 4. The van der Waals surface area contributed by atoms with Gasteiger partial charge in [0.05, 0.1) is 5.88 Å². The summed E-state index contributed by atoms with van der Waals surface area (Å²) in [5.41, 5.74) is 2.93. The molecule has 0 spiro atoms. The van der Waals surface area contributed by atoms with Crippen LogP contribution in [0.5, 0.6) is 0 Å². The molecule has 2 heterocycles. The van der Waals surface area contributed by atoms with E-state index in [-0.39, 0.29) is 5.54 Å². The maximum Gasteiger partial charge on any atom is 0.160 e. The van der Waals surface area contributed by atoms with E-state index in [1.54, 1.807) is 0 Å². The Labute approximate surface area is 113 Å². The van der Waals surface area contributed by atoms with Gasteiger partial charge in [-0.05, 0) is 38.8 Å². The average molecular weight is 266 g/mol. The quantitative estimate of drug-likeness (QED) is 0.782. The van der Waals surface area contributed by atoms with Crippen molar-refractivity contribution in [1.82, 2.24) is 14.5 Å². The van der Waals surface area contributed by atoms with Crippen LogP contribution in [0.1, 0.15) is 45.1 Å². The van der Waals surface area contributed by atoms with Crippen molar-refractivity contribution in [3.8, 4) is 0 Å². The minimum absolute atomic E-state index is 0.0275. The molecule has 0 aliphatic heterocycles. The topological polar surface area (TPSA) is 30.7 Å². The molecule has 0 radical (unpaired) electrons. The SMILES string of the molecule is CCC(C)(CC)n1c(CCl)nc2ccc(C)nc21. The summed E-state index contributed by atoms with van der Waals surface area (Å²) >= 11 is 6.05. The Kier molecular flexibility index (Phi) is 3.62. The highest BCUT2D eigenvalue weighted by atomic mass is 35.5. The van der Waals surface area contributed by atoms with E-state index in [4.69, 9.17) is 11.6 Å². The Balaban J connectivity index is 2.77. The molecule has 0 fully saturated rings. The van der Waals surface area contributed by atoms with Crippen LogP contribution in [0.25, 0.3) is 11.2 Å². The Hall–Kier alpha value is -1.09. The molecule has 18 heavy (non-hydrogen) atoms. The van der Waals surface area contributed by atoms with Crippen LogP contribution in [-0.2, 0) is 11.4 Å². The van der Waals surface area contributed by atoms with E-state index in [0.717, 1.165) is 35.5 Å². The number of halogens is 1. The van der Waals surface area contributed by atoms with Crippen molar-refractivity contribution in [3.63, 3.8) is 0 Å². The van der Waals surface area contributed by atoms with Gasteiger partial charge in [-0.2, -0.15) is 0 Å². The van der Waals surface area contributed by atoms with E-state index in [1.165, 1.54) is 0 Å². The van der Waals surface area contributed by atoms with Gasteiger partial charge >= 0.3 is 0 Å². The molecule has 3 nitrogen and oxygen atoms in total. The van der Waals surface area contributed by atoms with Crippen molar-refractivity contribution < 1.29 is 0 Å². The molecular formula is C14H20ClN3. The molecule has 98 valence electrons. The van der Waals surface area contributed by atoms with Crippen molar-refractivity contribution in [2.75, 3.05) is 0 Å². The molecule has 0 aliphatic carbocycles. The molecule has 2 rings (SSSR count). The molecule has 0 saturated carbocycles. The van der Waals surface area contributed by atoms with Crippen LogP contribution >= 0.6 is 11.6 Å². The van der Waals surface area contributed by atoms with Crippen LogP contribution in [0, 0.1) is 6.92 Å². The molecule has 0 atom stereocenters. The van der Waals surface area contributed by atoms with E-state index in [2.05, 4.69) is 35.3 Å². The molecule has 0 aromatic carbocycles. The number of pyridine rings is 1. The van der Waals surface area contributed by atoms with Crippen LogP contribution in [0.4, 0.5) is 0 Å². The number of hydrogen-bond acceptors (Lipinski definition) is 2. The zero-order valence-corrected chi connectivity index (χ0v) is 12.3. The Morgan fingerprint density at radius 1 is 1.22 bits per heavy atom. The monoisotopic (exact) mass is 265 g/mol. The fourth-order valence-electron chi connectivity index (χ4n) is 2.32. The normalized spacial score (nSPS) is 12.3. The van der Waals surface area contributed by atoms with Crippen molar-refractivity contribution >= 4 is 22.8 Å². The van der Waals surface area contributed by atoms with E-state index in [0.29, 0.717) is 5.88 Å². The second-order valence-electron chi connectivity index (χ2n) is 5.00. The Bertz CT molecular complexity index is 555. The second-order valence-corrected chi connectivity index (χ2v) is 5.26. The first-order chi connectivity index (χ1) is 8.55. The minimum atomic E-state index is 0.0275. The predicted molar refractivity (Wildman–Crippen MR) is 76.1 cm³/mol. The van der Waals surface area contributed by atoms with Crippen LogP contribution < -0.4 is 0 Å². The predicted octanol–water partition coefficient (Wildman–Crippen LogP) is 4.01. The largest absolute Gasteiger partial charge is 0.306 e. The molecule has 0 amide bonds. The van der Waals surface area contributed by atoms with E-state index < -0.39 is 0 Å². The lowest BCUT2D eigenvalue weighted by atomic mass is 9.95. The number of fused-ring (bicyclic) bond motifs is 1. The lowest BCUT2D eigenvalue weighted by Gasteiger charge is -2.30. The summed E-state index contributed by atoms with van der Waals surface area (Å²) in [6.45, 7) is 8.65. The molecule has 4 heteroatoms. The van der Waals surface area contributed by atoms with Gasteiger partial charge in [0.25, 0.3) is 0 Å². The van der Waals surface area contributed by atoms with Crippen LogP contribution in [-0.4, -0.2) is 14.5 Å². The van der Waals surface area contributed by atoms with Crippen molar-refractivity contribution in [2.24, 2.45) is 0 Å². The molecule has 0 bridgehead atoms. The van der Waals surface area contributed by atoms with Crippen LogP contribution in [0.3, 0.4) is 0 Å². The number of aromatic nitrogens is 3. The molecule has 0 saturated heterocycles. The lowest BCUT2D eigenvalue weighted by molar-refractivity contribution is 0.294. The Morgan fingerprint density at radius 2 is 1.89 bits per heavy atom. The van der Waals surface area contributed by atoms with Crippen molar-refractivity contribution in [2.45, 2.75) is 52.0 Å². The number of hydrogen-bond donors (Lipinski definition) is 0. The summed E-state index contributed by atoms with van der Waals surface area (Å²) in [4.78, 5) is 9.25. The number of alkyl halides is 1. The number of aryl methyl sites for hydroxylation is 1. The molecule has 0 N–H and O–H groups in total. The highest BCUT2D eigenvalue weighted by molar-refractivity contribution is 6.16. The van der Waals surface area contributed by atoms with Crippen LogP contribution in [0.15, 0.2) is 12.1 Å². The molecule has 2 aromatic rings. The van der Waals surface area contributed by atoms with Gasteiger partial charge in [0, 0.05) is 11.2 Å². The standard InChI is InChI=1S/C14H20ClN3/c1-5-14(4,6-2)18-12(9-15)17-11-8-7-10(3)16-13(11)18/h7-8H,5-6,9H2,1-4H3. The third-order valence-electron chi connectivity index (χ3n) is 3.90. The van der Waals surface area contributed by atoms with E-state index >= 15 is 0 Å². The van der Waals surface area contributed by atoms with Gasteiger partial charge in [0.1, 0.15) is 11.3 Å². The smallest absolute Gasteiger partial charge is 0.160 e. The first-order valence-corrected chi connectivity index (χ1v) is 7.00. The lowest BCUT2D eigenvalue weighted by Crippen LogP contribution is -2.30. The first kappa shape index (κ1) is 13.3. The summed E-state index contributed by atoms with van der Waals surface area (Å²) in [7, 11) is 0. The van der Waals surface area contributed by atoms with Crippen molar-refractivity contribution in [1.29, 1.82) is 0 Å². The van der Waals surface area contributed by atoms with Crippen molar-refractivity contribution in [3.05, 3.63) is 23.7 Å². The first-order valence-electron chi connectivity index (χ1n) is 6.47. The number of imidazole rings is 1. The number of nitrogens with zero attached hydrogens (tertiary/aromatic N) is 3. The van der Waals surface area contributed by atoms with Gasteiger partial charge < -0.3 is 4.57 Å². The fourth-order valence-corrected chi connectivity index (χ4v) is 2.50. The third kappa shape index (κ3) is 2.01. The minimum Gasteiger partial charge on any atom is -0.306 e. The van der Waals surface area contributed by atoms with Gasteiger partial charge in [-0.15, -0.1) is 11.6 Å². The third-order valence-corrected chi connectivity index (χ3v) is 4.13. The Morgan fingerprint density at radius 3 is 2.44 bits per heavy atom. The summed E-state index contributed by atoms with van der Waals surface area (Å²) in [6.07, 6.45) is 2.07. The molecule has 0 aliphatic rings. The van der Waals surface area contributed by atoms with Gasteiger partial charge in [-0.1, -0.05) is 13.8 Å². The average Bonchev–Trinajstić information content (AvgIpc) is 2.76. The molecule has 0 unspecified atom stereocenters. The fraction of sp³-hybridized carbons (Fsp3) is 0.571. The van der Waals surface area contributed by atoms with Gasteiger partial charge in [0.2, 0.25) is 0 Å². The van der Waals surface area contributed by atoms with Crippen LogP contribution in [0.2, 0.25) is 0 Å².